The summed E-state index contributed by atoms with van der Waals surface area (Å²) in [6.07, 6.45) is -1.13. The minimum absolute atomic E-state index is 0. The first-order valence-corrected chi connectivity index (χ1v) is 4.55. The Morgan fingerprint density at radius 2 is 0.895 bits per heavy atom. The van der Waals surface area contributed by atoms with E-state index in [0.717, 1.165) is 13.8 Å². The maximum Gasteiger partial charge on any atom is 2.00 e. The number of carboxylic acid groups (broad SMARTS) is 2. The van der Waals surface area contributed by atoms with Gasteiger partial charge in [-0.2, -0.15) is 0 Å². The second-order valence-electron chi connectivity index (χ2n) is 3.18. The van der Waals surface area contributed by atoms with Gasteiger partial charge >= 0.3 is 19.5 Å². The second-order valence-corrected chi connectivity index (χ2v) is 3.18. The van der Waals surface area contributed by atoms with Crippen molar-refractivity contribution < 1.29 is 58.5 Å². The fourth-order valence-corrected chi connectivity index (χ4v) is 0.597. The molecular weight excluding hydrogens is 349 g/mol. The molecule has 0 saturated heterocycles. The average molecular weight is 359 g/mol. The zero-order valence-corrected chi connectivity index (χ0v) is 11.8. The van der Waals surface area contributed by atoms with E-state index in [1.54, 1.807) is 0 Å². The van der Waals surface area contributed by atoms with Crippen molar-refractivity contribution in [3.63, 3.8) is 0 Å². The molecule has 0 aliphatic heterocycles. The molecule has 0 aliphatic rings. The third kappa shape index (κ3) is 16.2. The van der Waals surface area contributed by atoms with E-state index < -0.39 is 47.9 Å². The minimum Gasteiger partial charge on any atom is -0.542 e. The van der Waals surface area contributed by atoms with Crippen molar-refractivity contribution in [3.8, 4) is 0 Å². The molecule has 0 spiro atoms. The molecule has 0 bridgehead atoms. The van der Waals surface area contributed by atoms with Gasteiger partial charge in [0.15, 0.2) is 11.6 Å². The molecule has 0 unspecified atom stereocenters. The van der Waals surface area contributed by atoms with Crippen LogP contribution < -0.4 is 10.2 Å². The van der Waals surface area contributed by atoms with Crippen LogP contribution in [0.15, 0.2) is 0 Å². The maximum atomic E-state index is 10.1. The third-order valence-corrected chi connectivity index (χ3v) is 1.27. The molecule has 0 saturated carbocycles. The first kappa shape index (κ1) is 22.4. The number of Topliss-reactive ketones (excluding diaryl/α,β-unsaturated/α-hetero) is 4. The molecule has 0 aromatic heterocycles. The minimum atomic E-state index is -1.80. The van der Waals surface area contributed by atoms with Gasteiger partial charge in [-0.25, -0.2) is 0 Å². The van der Waals surface area contributed by atoms with Gasteiger partial charge in [0.2, 0.25) is 0 Å². The zero-order chi connectivity index (χ0) is 14.9. The summed E-state index contributed by atoms with van der Waals surface area (Å²) in [6.45, 7) is 2.28. The summed E-state index contributed by atoms with van der Waals surface area (Å²) in [7, 11) is 0. The molecule has 0 rings (SSSR count). The summed E-state index contributed by atoms with van der Waals surface area (Å²) in [5, 5.41) is 19.2. The topological polar surface area (TPSA) is 149 Å². The van der Waals surface area contributed by atoms with Crippen LogP contribution in [0.2, 0.25) is 0 Å². The molecule has 0 heterocycles. The third-order valence-electron chi connectivity index (χ3n) is 1.27. The van der Waals surface area contributed by atoms with Gasteiger partial charge in [-0.15, -0.1) is 0 Å². The van der Waals surface area contributed by atoms with Crippen molar-refractivity contribution in [2.75, 3.05) is 0 Å². The predicted octanol–water partition coefficient (Wildman–Crippen LogP) is -3.43. The summed E-state index contributed by atoms with van der Waals surface area (Å²) < 4.78 is 0. The molecule has 0 aromatic rings. The van der Waals surface area contributed by atoms with Crippen molar-refractivity contribution >= 4 is 35.1 Å². The molecule has 8 nitrogen and oxygen atoms in total. The number of carbonyl (C=O) groups is 6. The number of carboxylic acids is 2. The van der Waals surface area contributed by atoms with Crippen LogP contribution in [0, 0.1) is 0 Å². The average Bonchev–Trinajstić information content (AvgIpc) is 2.16. The number of aliphatic carboxylic acids is 2. The van der Waals surface area contributed by atoms with Gasteiger partial charge in [0.25, 0.3) is 0 Å². The number of hydrogen-bond donors (Lipinski definition) is 0. The Hall–Kier alpha value is -1.76. The van der Waals surface area contributed by atoms with Crippen molar-refractivity contribution in [2.24, 2.45) is 0 Å². The van der Waals surface area contributed by atoms with E-state index in [4.69, 9.17) is 0 Å². The molecule has 0 radical (unpaired) electrons. The summed E-state index contributed by atoms with van der Waals surface area (Å²) in [6, 6.07) is 0. The Labute approximate surface area is 120 Å². The summed E-state index contributed by atoms with van der Waals surface area (Å²) in [5.41, 5.74) is 0. The Morgan fingerprint density at radius 3 is 0.947 bits per heavy atom. The molecule has 0 aliphatic carbocycles. The summed E-state index contributed by atoms with van der Waals surface area (Å²) in [5.74, 6) is -6.87. The van der Waals surface area contributed by atoms with Crippen LogP contribution >= 0.6 is 0 Å². The van der Waals surface area contributed by atoms with Crippen LogP contribution in [-0.2, 0) is 48.2 Å². The summed E-state index contributed by atoms with van der Waals surface area (Å²) >= 11 is 0. The molecule has 0 aromatic carbocycles. The van der Waals surface area contributed by atoms with Crippen LogP contribution in [0.5, 0.6) is 0 Å². The summed E-state index contributed by atoms with van der Waals surface area (Å²) in [4.78, 5) is 59.5. The van der Waals surface area contributed by atoms with Gasteiger partial charge in [-0.3, -0.25) is 19.2 Å². The molecule has 106 valence electrons. The van der Waals surface area contributed by atoms with Crippen molar-refractivity contribution in [2.45, 2.75) is 26.7 Å². The SMILES string of the molecule is CC(=O)CC(=O)C(=O)[O-].CC(=O)CC(=O)C(=O)[O-].[Ru+2]. The molecule has 0 atom stereocenters. The maximum absolute atomic E-state index is 10.1. The normalized spacial score (nSPS) is 8.11. The number of ketones is 4. The van der Waals surface area contributed by atoms with E-state index in [1.807, 2.05) is 0 Å². The zero-order valence-electron chi connectivity index (χ0n) is 10.0. The quantitative estimate of drug-likeness (QED) is 0.270. The Balaban J connectivity index is -0.000000256. The van der Waals surface area contributed by atoms with Crippen LogP contribution in [0.4, 0.5) is 0 Å². The Bertz CT molecular complexity index is 360. The van der Waals surface area contributed by atoms with E-state index >= 15 is 0 Å². The molecule has 0 N–H and O–H groups in total. The van der Waals surface area contributed by atoms with Crippen LogP contribution in [0.25, 0.3) is 0 Å². The van der Waals surface area contributed by atoms with Crippen molar-refractivity contribution in [1.82, 2.24) is 0 Å². The van der Waals surface area contributed by atoms with Gasteiger partial charge in [-0.05, 0) is 13.8 Å². The van der Waals surface area contributed by atoms with Gasteiger partial charge < -0.3 is 19.8 Å². The van der Waals surface area contributed by atoms with Gasteiger partial charge in [0.05, 0.1) is 12.8 Å². The monoisotopic (exact) mass is 360 g/mol. The molecule has 19 heavy (non-hydrogen) atoms. The standard InChI is InChI=1S/2C5H6O4.Ru/c2*1-3(6)2-4(7)5(8)9;/h2*2H2,1H3,(H,8,9);/q;;+2/p-2. The van der Waals surface area contributed by atoms with E-state index in [0.29, 0.717) is 0 Å². The fraction of sp³-hybridized carbons (Fsp3) is 0.400. The van der Waals surface area contributed by atoms with Crippen LogP contribution in [-0.4, -0.2) is 35.1 Å². The molecule has 0 amide bonds. The molecule has 0 fully saturated rings. The van der Waals surface area contributed by atoms with Crippen LogP contribution in [0.3, 0.4) is 0 Å². The van der Waals surface area contributed by atoms with E-state index in [1.165, 1.54) is 0 Å². The fourth-order valence-electron chi connectivity index (χ4n) is 0.597. The van der Waals surface area contributed by atoms with Crippen molar-refractivity contribution in [1.29, 1.82) is 0 Å². The predicted molar refractivity (Wildman–Crippen MR) is 50.6 cm³/mol. The van der Waals surface area contributed by atoms with E-state index in [9.17, 15) is 39.0 Å². The Kier molecular flexibility index (Phi) is 13.4. The molecule has 9 heteroatoms. The number of carbonyl (C=O) groups excluding carboxylic acids is 6. The van der Waals surface area contributed by atoms with E-state index in [2.05, 4.69) is 0 Å². The largest absolute Gasteiger partial charge is 2.00 e. The first-order chi connectivity index (χ1) is 8.07. The van der Waals surface area contributed by atoms with Crippen LogP contribution in [0.1, 0.15) is 26.7 Å². The first-order valence-electron chi connectivity index (χ1n) is 4.55. The number of hydrogen-bond acceptors (Lipinski definition) is 8. The van der Waals surface area contributed by atoms with Crippen molar-refractivity contribution in [3.05, 3.63) is 0 Å². The Morgan fingerprint density at radius 1 is 0.684 bits per heavy atom. The van der Waals surface area contributed by atoms with Gasteiger partial charge in [-0.1, -0.05) is 0 Å². The van der Waals surface area contributed by atoms with Gasteiger partial charge in [0.1, 0.15) is 23.5 Å². The second kappa shape index (κ2) is 11.3. The van der Waals surface area contributed by atoms with Gasteiger partial charge in [0, 0.05) is 0 Å². The molecular formula is C10H10O8Ru. The number of rotatable bonds is 6. The van der Waals surface area contributed by atoms with E-state index in [-0.39, 0.29) is 19.5 Å². The smallest absolute Gasteiger partial charge is 0.542 e.